The van der Waals surface area contributed by atoms with Crippen molar-refractivity contribution >= 4 is 0 Å². The van der Waals surface area contributed by atoms with Crippen molar-refractivity contribution in [2.75, 3.05) is 6.61 Å². The second-order valence-electron chi connectivity index (χ2n) is 1.89. The van der Waals surface area contributed by atoms with Gasteiger partial charge in [0.25, 0.3) is 5.88 Å². The molecule has 0 atom stereocenters. The highest BCUT2D eigenvalue weighted by atomic mass is 19.1. The van der Waals surface area contributed by atoms with E-state index in [2.05, 4.69) is 21.8 Å². The summed E-state index contributed by atoms with van der Waals surface area (Å²) >= 11 is 0. The third-order valence-electron chi connectivity index (χ3n) is 1.09. The van der Waals surface area contributed by atoms with Crippen LogP contribution < -0.4 is 4.74 Å². The molecule has 0 aliphatic rings. The summed E-state index contributed by atoms with van der Waals surface area (Å²) in [6, 6.07) is 0. The Labute approximate surface area is 69.6 Å². The SMILES string of the molecule is CC#CCOc1ncncc1F. The number of ether oxygens (including phenoxy) is 1. The van der Waals surface area contributed by atoms with Gasteiger partial charge in [-0.3, -0.25) is 0 Å². The van der Waals surface area contributed by atoms with Crippen molar-refractivity contribution in [1.82, 2.24) is 9.97 Å². The van der Waals surface area contributed by atoms with Gasteiger partial charge in [-0.1, -0.05) is 5.92 Å². The highest BCUT2D eigenvalue weighted by Crippen LogP contribution is 2.08. The fraction of sp³-hybridized carbons (Fsp3) is 0.250. The second-order valence-corrected chi connectivity index (χ2v) is 1.89. The van der Waals surface area contributed by atoms with Gasteiger partial charge in [-0.15, -0.1) is 5.92 Å². The number of aromatic nitrogens is 2. The molecule has 12 heavy (non-hydrogen) atoms. The van der Waals surface area contributed by atoms with E-state index in [9.17, 15) is 4.39 Å². The molecular weight excluding hydrogens is 159 g/mol. The molecule has 4 heteroatoms. The van der Waals surface area contributed by atoms with Gasteiger partial charge < -0.3 is 4.74 Å². The molecule has 0 saturated heterocycles. The molecule has 0 aromatic carbocycles. The standard InChI is InChI=1S/C8H7FN2O/c1-2-3-4-12-8-7(9)5-10-6-11-8/h5-6H,4H2,1H3. The highest BCUT2D eigenvalue weighted by Gasteiger charge is 2.01. The summed E-state index contributed by atoms with van der Waals surface area (Å²) in [6.45, 7) is 1.82. The van der Waals surface area contributed by atoms with E-state index in [1.807, 2.05) is 0 Å². The quantitative estimate of drug-likeness (QED) is 0.615. The van der Waals surface area contributed by atoms with Crippen LogP contribution in [0.25, 0.3) is 0 Å². The molecule has 0 radical (unpaired) electrons. The smallest absolute Gasteiger partial charge is 0.254 e. The van der Waals surface area contributed by atoms with Gasteiger partial charge in [0.2, 0.25) is 5.82 Å². The fourth-order valence-corrected chi connectivity index (χ4v) is 0.584. The average molecular weight is 166 g/mol. The maximum Gasteiger partial charge on any atom is 0.254 e. The van der Waals surface area contributed by atoms with E-state index in [0.29, 0.717) is 0 Å². The van der Waals surface area contributed by atoms with E-state index in [-0.39, 0.29) is 12.5 Å². The maximum absolute atomic E-state index is 12.7. The Hall–Kier alpha value is -1.63. The van der Waals surface area contributed by atoms with Crippen LogP contribution in [-0.2, 0) is 0 Å². The van der Waals surface area contributed by atoms with Crippen molar-refractivity contribution in [1.29, 1.82) is 0 Å². The van der Waals surface area contributed by atoms with Gasteiger partial charge in [0, 0.05) is 0 Å². The topological polar surface area (TPSA) is 35.0 Å². The van der Waals surface area contributed by atoms with Gasteiger partial charge in [-0.25, -0.2) is 4.98 Å². The zero-order valence-electron chi connectivity index (χ0n) is 6.54. The van der Waals surface area contributed by atoms with Crippen LogP contribution in [0.1, 0.15) is 6.92 Å². The Balaban J connectivity index is 2.61. The van der Waals surface area contributed by atoms with Gasteiger partial charge in [-0.05, 0) is 6.92 Å². The van der Waals surface area contributed by atoms with E-state index in [0.717, 1.165) is 6.20 Å². The van der Waals surface area contributed by atoms with Crippen molar-refractivity contribution in [3.05, 3.63) is 18.3 Å². The van der Waals surface area contributed by atoms with Crippen molar-refractivity contribution < 1.29 is 9.13 Å². The zero-order chi connectivity index (χ0) is 8.81. The lowest BCUT2D eigenvalue weighted by Gasteiger charge is -1.99. The van der Waals surface area contributed by atoms with E-state index >= 15 is 0 Å². The molecule has 0 unspecified atom stereocenters. The molecule has 0 aliphatic carbocycles. The Morgan fingerprint density at radius 3 is 3.17 bits per heavy atom. The molecule has 0 saturated carbocycles. The summed E-state index contributed by atoms with van der Waals surface area (Å²) in [5.74, 6) is 4.61. The Morgan fingerprint density at radius 1 is 1.67 bits per heavy atom. The molecule has 3 nitrogen and oxygen atoms in total. The van der Waals surface area contributed by atoms with E-state index in [4.69, 9.17) is 4.74 Å². The van der Waals surface area contributed by atoms with Gasteiger partial charge in [0.15, 0.2) is 6.61 Å². The minimum Gasteiger partial charge on any atom is -0.462 e. The van der Waals surface area contributed by atoms with Crippen molar-refractivity contribution in [3.63, 3.8) is 0 Å². The Kier molecular flexibility index (Phi) is 3.03. The van der Waals surface area contributed by atoms with E-state index < -0.39 is 5.82 Å². The van der Waals surface area contributed by atoms with E-state index in [1.54, 1.807) is 6.92 Å². The lowest BCUT2D eigenvalue weighted by molar-refractivity contribution is 0.331. The monoisotopic (exact) mass is 166 g/mol. The first-order chi connectivity index (χ1) is 5.84. The molecule has 0 N–H and O–H groups in total. The fourth-order valence-electron chi connectivity index (χ4n) is 0.584. The summed E-state index contributed by atoms with van der Waals surface area (Å²) in [5.41, 5.74) is 0. The van der Waals surface area contributed by atoms with Crippen LogP contribution in [0.3, 0.4) is 0 Å². The van der Waals surface area contributed by atoms with Crippen LogP contribution in [0, 0.1) is 17.7 Å². The molecule has 1 heterocycles. The predicted octanol–water partition coefficient (Wildman–Crippen LogP) is 1.02. The summed E-state index contributed by atoms with van der Waals surface area (Å²) in [4.78, 5) is 7.04. The normalized spacial score (nSPS) is 8.50. The molecule has 1 aromatic heterocycles. The molecule has 0 bridgehead atoms. The third-order valence-corrected chi connectivity index (χ3v) is 1.09. The molecule has 0 aliphatic heterocycles. The molecule has 0 spiro atoms. The molecule has 0 amide bonds. The van der Waals surface area contributed by atoms with Crippen molar-refractivity contribution in [2.24, 2.45) is 0 Å². The molecule has 0 fully saturated rings. The minimum atomic E-state index is -0.574. The zero-order valence-corrected chi connectivity index (χ0v) is 6.54. The highest BCUT2D eigenvalue weighted by molar-refractivity contribution is 5.09. The van der Waals surface area contributed by atoms with Crippen molar-refractivity contribution in [2.45, 2.75) is 6.92 Å². The van der Waals surface area contributed by atoms with Gasteiger partial charge in [0.1, 0.15) is 6.33 Å². The summed E-state index contributed by atoms with van der Waals surface area (Å²) in [5, 5.41) is 0. The Bertz CT molecular complexity index is 316. The molecule has 1 aromatic rings. The first-order valence-corrected chi connectivity index (χ1v) is 3.32. The van der Waals surface area contributed by atoms with Crippen molar-refractivity contribution in [3.8, 4) is 17.7 Å². The first-order valence-electron chi connectivity index (χ1n) is 3.32. The van der Waals surface area contributed by atoms with Crippen LogP contribution in [0.2, 0.25) is 0 Å². The maximum atomic E-state index is 12.7. The van der Waals surface area contributed by atoms with Gasteiger partial charge >= 0.3 is 0 Å². The molecule has 1 rings (SSSR count). The third kappa shape index (κ3) is 2.20. The summed E-state index contributed by atoms with van der Waals surface area (Å²) < 4.78 is 17.6. The molecular formula is C8H7FN2O. The Morgan fingerprint density at radius 2 is 2.50 bits per heavy atom. The predicted molar refractivity (Wildman–Crippen MR) is 40.9 cm³/mol. The lowest BCUT2D eigenvalue weighted by Crippen LogP contribution is -1.99. The summed E-state index contributed by atoms with van der Waals surface area (Å²) in [7, 11) is 0. The van der Waals surface area contributed by atoms with Crippen LogP contribution in [0.5, 0.6) is 5.88 Å². The second kappa shape index (κ2) is 4.29. The largest absolute Gasteiger partial charge is 0.462 e. The summed E-state index contributed by atoms with van der Waals surface area (Å²) in [6.07, 6.45) is 2.26. The van der Waals surface area contributed by atoms with Crippen LogP contribution >= 0.6 is 0 Å². The molecule has 62 valence electrons. The van der Waals surface area contributed by atoms with E-state index in [1.165, 1.54) is 6.33 Å². The number of hydrogen-bond acceptors (Lipinski definition) is 3. The minimum absolute atomic E-state index is 0.0623. The first kappa shape index (κ1) is 8.47. The number of halogens is 1. The number of nitrogens with zero attached hydrogens (tertiary/aromatic N) is 2. The number of hydrogen-bond donors (Lipinski definition) is 0. The van der Waals surface area contributed by atoms with Crippen LogP contribution in [0.4, 0.5) is 4.39 Å². The number of rotatable bonds is 2. The van der Waals surface area contributed by atoms with Gasteiger partial charge in [-0.2, -0.15) is 9.37 Å². The van der Waals surface area contributed by atoms with Crippen LogP contribution in [-0.4, -0.2) is 16.6 Å². The lowest BCUT2D eigenvalue weighted by atomic mass is 10.6. The average Bonchev–Trinajstić information content (AvgIpc) is 2.09. The van der Waals surface area contributed by atoms with Gasteiger partial charge in [0.05, 0.1) is 6.20 Å². The van der Waals surface area contributed by atoms with Crippen LogP contribution in [0.15, 0.2) is 12.5 Å².